The minimum atomic E-state index is -0.397. The first-order chi connectivity index (χ1) is 4.69. The van der Waals surface area contributed by atoms with Gasteiger partial charge in [0.05, 0.1) is 12.7 Å². The molecule has 0 bridgehead atoms. The van der Waals surface area contributed by atoms with Crippen LogP contribution in [0.4, 0.5) is 0 Å². The molecule has 0 spiro atoms. The van der Waals surface area contributed by atoms with Gasteiger partial charge in [0.25, 0.3) is 0 Å². The Bertz CT molecular complexity index is 118. The highest BCUT2D eigenvalue weighted by Gasteiger charge is 2.34. The van der Waals surface area contributed by atoms with Gasteiger partial charge in [0, 0.05) is 12.0 Å². The largest absolute Gasteiger partial charge is 0.396 e. The van der Waals surface area contributed by atoms with Crippen LogP contribution < -0.4 is 5.32 Å². The Morgan fingerprint density at radius 1 is 1.70 bits per heavy atom. The van der Waals surface area contributed by atoms with Gasteiger partial charge in [-0.15, -0.1) is 0 Å². The number of aliphatic hydroxyl groups excluding tert-OH is 2. The fraction of sp³-hybridized carbons (Fsp3) is 1.00. The van der Waals surface area contributed by atoms with Crippen LogP contribution in [0, 0.1) is 5.41 Å². The standard InChI is InChI=1S/C7H15NO2/c1-7(5-9)2-3-8-4-6(7)10/h6,8-10H,2-5H2,1H3/t6-,7-/m1/s1. The highest BCUT2D eigenvalue weighted by molar-refractivity contribution is 4.87. The van der Waals surface area contributed by atoms with Crippen molar-refractivity contribution in [3.8, 4) is 0 Å². The number of aliphatic hydroxyl groups is 2. The van der Waals surface area contributed by atoms with Gasteiger partial charge in [-0.05, 0) is 13.0 Å². The molecule has 1 aliphatic rings. The first kappa shape index (κ1) is 7.98. The summed E-state index contributed by atoms with van der Waals surface area (Å²) in [7, 11) is 0. The summed E-state index contributed by atoms with van der Waals surface area (Å²) < 4.78 is 0. The van der Waals surface area contributed by atoms with E-state index in [1.54, 1.807) is 0 Å². The Balaban J connectivity index is 2.54. The molecule has 1 rings (SSSR count). The van der Waals surface area contributed by atoms with E-state index in [9.17, 15) is 5.11 Å². The number of β-amino-alcohol motifs (C(OH)–C–C–N with tert-alkyl or cyclic N) is 1. The van der Waals surface area contributed by atoms with Crippen molar-refractivity contribution in [3.63, 3.8) is 0 Å². The van der Waals surface area contributed by atoms with Gasteiger partial charge >= 0.3 is 0 Å². The van der Waals surface area contributed by atoms with Gasteiger partial charge in [0.1, 0.15) is 0 Å². The second kappa shape index (κ2) is 2.86. The van der Waals surface area contributed by atoms with Gasteiger partial charge in [-0.25, -0.2) is 0 Å². The lowest BCUT2D eigenvalue weighted by Gasteiger charge is -2.37. The third-order valence-corrected chi connectivity index (χ3v) is 2.38. The SMILES string of the molecule is C[C@]1(CO)CCNC[C@H]1O. The quantitative estimate of drug-likeness (QED) is 0.459. The third-order valence-electron chi connectivity index (χ3n) is 2.38. The Kier molecular flexibility index (Phi) is 2.28. The van der Waals surface area contributed by atoms with E-state index in [-0.39, 0.29) is 12.0 Å². The molecule has 60 valence electrons. The van der Waals surface area contributed by atoms with Gasteiger partial charge in [-0.2, -0.15) is 0 Å². The maximum atomic E-state index is 9.41. The minimum absolute atomic E-state index is 0.0792. The van der Waals surface area contributed by atoms with Crippen molar-refractivity contribution in [2.45, 2.75) is 19.4 Å². The Morgan fingerprint density at radius 2 is 2.40 bits per heavy atom. The average molecular weight is 145 g/mol. The Hall–Kier alpha value is -0.120. The number of hydrogen-bond donors (Lipinski definition) is 3. The zero-order chi connectivity index (χ0) is 7.61. The van der Waals surface area contributed by atoms with Crippen molar-refractivity contribution in [2.24, 2.45) is 5.41 Å². The summed E-state index contributed by atoms with van der Waals surface area (Å²) in [5.74, 6) is 0. The molecular weight excluding hydrogens is 130 g/mol. The van der Waals surface area contributed by atoms with E-state index in [1.165, 1.54) is 0 Å². The molecule has 0 aliphatic carbocycles. The van der Waals surface area contributed by atoms with Crippen molar-refractivity contribution in [1.82, 2.24) is 5.32 Å². The van der Waals surface area contributed by atoms with Crippen LogP contribution in [0.5, 0.6) is 0 Å². The highest BCUT2D eigenvalue weighted by Crippen LogP contribution is 2.26. The topological polar surface area (TPSA) is 52.5 Å². The normalized spacial score (nSPS) is 41.7. The predicted molar refractivity (Wildman–Crippen MR) is 38.7 cm³/mol. The van der Waals surface area contributed by atoms with E-state index in [0.717, 1.165) is 13.0 Å². The third kappa shape index (κ3) is 1.31. The number of nitrogens with one attached hydrogen (secondary N) is 1. The van der Waals surface area contributed by atoms with Crippen LogP contribution in [0.3, 0.4) is 0 Å². The van der Waals surface area contributed by atoms with Gasteiger partial charge < -0.3 is 15.5 Å². The smallest absolute Gasteiger partial charge is 0.0740 e. The fourth-order valence-corrected chi connectivity index (χ4v) is 1.21. The molecule has 10 heavy (non-hydrogen) atoms. The minimum Gasteiger partial charge on any atom is -0.396 e. The van der Waals surface area contributed by atoms with Crippen molar-refractivity contribution >= 4 is 0 Å². The molecule has 0 unspecified atom stereocenters. The maximum absolute atomic E-state index is 9.41. The van der Waals surface area contributed by atoms with E-state index < -0.39 is 6.10 Å². The molecule has 1 fully saturated rings. The summed E-state index contributed by atoms with van der Waals surface area (Å²) in [4.78, 5) is 0. The average Bonchev–Trinajstić information content (AvgIpc) is 1.96. The molecule has 1 aliphatic heterocycles. The van der Waals surface area contributed by atoms with Crippen LogP contribution in [0.15, 0.2) is 0 Å². The van der Waals surface area contributed by atoms with Crippen molar-refractivity contribution in [1.29, 1.82) is 0 Å². The van der Waals surface area contributed by atoms with Gasteiger partial charge in [-0.1, -0.05) is 6.92 Å². The van der Waals surface area contributed by atoms with Crippen molar-refractivity contribution in [2.75, 3.05) is 19.7 Å². The van der Waals surface area contributed by atoms with Crippen LogP contribution in [0.25, 0.3) is 0 Å². The molecule has 0 radical (unpaired) electrons. The van der Waals surface area contributed by atoms with Crippen LogP contribution >= 0.6 is 0 Å². The van der Waals surface area contributed by atoms with Gasteiger partial charge in [-0.3, -0.25) is 0 Å². The van der Waals surface area contributed by atoms with E-state index >= 15 is 0 Å². The van der Waals surface area contributed by atoms with Gasteiger partial charge in [0.2, 0.25) is 0 Å². The highest BCUT2D eigenvalue weighted by atomic mass is 16.3. The lowest BCUT2D eigenvalue weighted by molar-refractivity contribution is -0.0254. The lowest BCUT2D eigenvalue weighted by Crippen LogP contribution is -2.49. The summed E-state index contributed by atoms with van der Waals surface area (Å²) in [6.45, 7) is 3.50. The molecule has 1 heterocycles. The van der Waals surface area contributed by atoms with Crippen molar-refractivity contribution in [3.05, 3.63) is 0 Å². The number of hydrogen-bond acceptors (Lipinski definition) is 3. The molecule has 2 atom stereocenters. The summed E-state index contributed by atoms with van der Waals surface area (Å²) in [6, 6.07) is 0. The van der Waals surface area contributed by atoms with Gasteiger partial charge in [0.15, 0.2) is 0 Å². The summed E-state index contributed by atoms with van der Waals surface area (Å²) in [5, 5.41) is 21.4. The molecule has 0 aromatic heterocycles. The number of rotatable bonds is 1. The van der Waals surface area contributed by atoms with Crippen LogP contribution in [0.1, 0.15) is 13.3 Å². The van der Waals surface area contributed by atoms with Crippen LogP contribution in [0.2, 0.25) is 0 Å². The molecule has 3 nitrogen and oxygen atoms in total. The lowest BCUT2D eigenvalue weighted by atomic mass is 9.79. The molecule has 0 aromatic rings. The van der Waals surface area contributed by atoms with Crippen LogP contribution in [-0.4, -0.2) is 36.0 Å². The first-order valence-corrected chi connectivity index (χ1v) is 3.69. The van der Waals surface area contributed by atoms with E-state index in [1.807, 2.05) is 6.92 Å². The predicted octanol–water partition coefficient (Wildman–Crippen LogP) is -0.661. The molecule has 0 aromatic carbocycles. The Labute approximate surface area is 61.1 Å². The second-order valence-electron chi connectivity index (χ2n) is 3.28. The number of piperidine rings is 1. The Morgan fingerprint density at radius 3 is 2.80 bits per heavy atom. The van der Waals surface area contributed by atoms with Crippen molar-refractivity contribution < 1.29 is 10.2 Å². The molecular formula is C7H15NO2. The zero-order valence-corrected chi connectivity index (χ0v) is 6.30. The fourth-order valence-electron chi connectivity index (χ4n) is 1.21. The second-order valence-corrected chi connectivity index (χ2v) is 3.28. The van der Waals surface area contributed by atoms with E-state index in [4.69, 9.17) is 5.11 Å². The maximum Gasteiger partial charge on any atom is 0.0740 e. The zero-order valence-electron chi connectivity index (χ0n) is 6.30. The molecule has 0 saturated carbocycles. The monoisotopic (exact) mass is 145 g/mol. The summed E-state index contributed by atoms with van der Waals surface area (Å²) >= 11 is 0. The summed E-state index contributed by atoms with van der Waals surface area (Å²) in [5.41, 5.74) is -0.273. The first-order valence-electron chi connectivity index (χ1n) is 3.69. The van der Waals surface area contributed by atoms with E-state index in [2.05, 4.69) is 5.32 Å². The molecule has 3 N–H and O–H groups in total. The molecule has 0 amide bonds. The van der Waals surface area contributed by atoms with E-state index in [0.29, 0.717) is 6.54 Å². The summed E-state index contributed by atoms with van der Waals surface area (Å²) in [6.07, 6.45) is 0.455. The van der Waals surface area contributed by atoms with Crippen LogP contribution in [-0.2, 0) is 0 Å². The molecule has 1 saturated heterocycles. The molecule has 3 heteroatoms.